The molecule has 0 bridgehead atoms. The lowest BCUT2D eigenvalue weighted by molar-refractivity contribution is 0.820. The molecule has 0 unspecified atom stereocenters. The quantitative estimate of drug-likeness (QED) is 0.676. The van der Waals surface area contributed by atoms with Crippen molar-refractivity contribution in [1.29, 1.82) is 0 Å². The molecule has 108 valence electrons. The van der Waals surface area contributed by atoms with Crippen LogP contribution < -0.4 is 5.73 Å². The van der Waals surface area contributed by atoms with Crippen LogP contribution in [-0.4, -0.2) is 4.98 Å². The third-order valence-electron chi connectivity index (χ3n) is 4.27. The van der Waals surface area contributed by atoms with E-state index in [1.807, 2.05) is 6.07 Å². The zero-order chi connectivity index (χ0) is 14.8. The second-order valence-corrected chi connectivity index (χ2v) is 5.85. The van der Waals surface area contributed by atoms with Crippen molar-refractivity contribution in [2.24, 2.45) is 0 Å². The molecule has 2 aromatic carbocycles. The van der Waals surface area contributed by atoms with Crippen LogP contribution in [0.2, 0.25) is 0 Å². The summed E-state index contributed by atoms with van der Waals surface area (Å²) in [5.41, 5.74) is 13.4. The molecule has 21 heavy (non-hydrogen) atoms. The Morgan fingerprint density at radius 2 is 1.76 bits per heavy atom. The molecule has 0 aliphatic heterocycles. The largest absolute Gasteiger partial charge is 0.399 e. The lowest BCUT2D eigenvalue weighted by Gasteiger charge is -2.06. The van der Waals surface area contributed by atoms with Gasteiger partial charge in [-0.3, -0.25) is 0 Å². The molecular weight excluding hydrogens is 256 g/mol. The number of aromatic nitrogens is 1. The van der Waals surface area contributed by atoms with E-state index in [1.165, 1.54) is 33.2 Å². The third kappa shape index (κ3) is 2.80. The number of nitrogens with two attached hydrogens (primary N) is 1. The Morgan fingerprint density at radius 1 is 0.952 bits per heavy atom. The van der Waals surface area contributed by atoms with Gasteiger partial charge in [-0.05, 0) is 67.5 Å². The first kappa shape index (κ1) is 13.7. The molecule has 0 radical (unpaired) electrons. The normalized spacial score (nSPS) is 11.1. The van der Waals surface area contributed by atoms with Gasteiger partial charge in [-0.1, -0.05) is 24.3 Å². The predicted octanol–water partition coefficient (Wildman–Crippen LogP) is 4.54. The molecule has 3 aromatic rings. The van der Waals surface area contributed by atoms with Gasteiger partial charge < -0.3 is 10.7 Å². The van der Waals surface area contributed by atoms with Gasteiger partial charge in [-0.15, -0.1) is 0 Å². The van der Waals surface area contributed by atoms with Crippen LogP contribution in [0, 0.1) is 13.8 Å². The highest BCUT2D eigenvalue weighted by molar-refractivity contribution is 5.85. The van der Waals surface area contributed by atoms with Crippen molar-refractivity contribution in [2.75, 3.05) is 5.73 Å². The number of aryl methyl sites for hydroxylation is 4. The minimum atomic E-state index is 0.850. The summed E-state index contributed by atoms with van der Waals surface area (Å²) in [6.07, 6.45) is 5.52. The second kappa shape index (κ2) is 5.65. The molecule has 0 saturated carbocycles. The van der Waals surface area contributed by atoms with Crippen LogP contribution in [0.15, 0.2) is 42.6 Å². The number of benzene rings is 2. The van der Waals surface area contributed by atoms with E-state index in [0.29, 0.717) is 0 Å². The van der Waals surface area contributed by atoms with Crippen LogP contribution >= 0.6 is 0 Å². The van der Waals surface area contributed by atoms with Gasteiger partial charge in [0.2, 0.25) is 0 Å². The fourth-order valence-corrected chi connectivity index (χ4v) is 3.04. The Morgan fingerprint density at radius 3 is 2.57 bits per heavy atom. The monoisotopic (exact) mass is 278 g/mol. The van der Waals surface area contributed by atoms with Crippen molar-refractivity contribution in [3.63, 3.8) is 0 Å². The Labute approximate surface area is 126 Å². The molecule has 0 amide bonds. The summed E-state index contributed by atoms with van der Waals surface area (Å²) in [6.45, 7) is 4.29. The van der Waals surface area contributed by atoms with Crippen molar-refractivity contribution in [1.82, 2.24) is 4.98 Å². The molecule has 0 fully saturated rings. The number of hydrogen-bond acceptors (Lipinski definition) is 1. The van der Waals surface area contributed by atoms with Gasteiger partial charge in [0, 0.05) is 22.8 Å². The molecular formula is C19H22N2. The van der Waals surface area contributed by atoms with E-state index in [1.54, 1.807) is 0 Å². The van der Waals surface area contributed by atoms with Crippen LogP contribution in [0.25, 0.3) is 10.9 Å². The van der Waals surface area contributed by atoms with Crippen molar-refractivity contribution < 1.29 is 0 Å². The van der Waals surface area contributed by atoms with Crippen LogP contribution in [0.4, 0.5) is 5.69 Å². The first-order valence-electron chi connectivity index (χ1n) is 7.56. The number of hydrogen-bond donors (Lipinski definition) is 2. The SMILES string of the molecule is Cc1cc(N)ccc1CCCc1c[nH]c2c(C)cccc12. The second-order valence-electron chi connectivity index (χ2n) is 5.85. The predicted molar refractivity (Wildman–Crippen MR) is 90.7 cm³/mol. The van der Waals surface area contributed by atoms with E-state index in [-0.39, 0.29) is 0 Å². The Kier molecular flexibility index (Phi) is 3.70. The van der Waals surface area contributed by atoms with E-state index >= 15 is 0 Å². The topological polar surface area (TPSA) is 41.8 Å². The van der Waals surface area contributed by atoms with Gasteiger partial charge in [-0.2, -0.15) is 0 Å². The molecule has 3 rings (SSSR count). The molecule has 1 aromatic heterocycles. The number of aromatic amines is 1. The van der Waals surface area contributed by atoms with Crippen molar-refractivity contribution >= 4 is 16.6 Å². The van der Waals surface area contributed by atoms with Crippen molar-refractivity contribution in [3.05, 3.63) is 64.8 Å². The smallest absolute Gasteiger partial charge is 0.0486 e. The summed E-state index contributed by atoms with van der Waals surface area (Å²) in [5.74, 6) is 0. The highest BCUT2D eigenvalue weighted by atomic mass is 14.7. The number of fused-ring (bicyclic) bond motifs is 1. The standard InChI is InChI=1S/C19H22N2/c1-13-5-3-8-18-16(12-21-19(13)18)7-4-6-15-9-10-17(20)11-14(15)2/h3,5,8-12,21H,4,6-7,20H2,1-2H3. The summed E-state index contributed by atoms with van der Waals surface area (Å²) in [7, 11) is 0. The highest BCUT2D eigenvalue weighted by Crippen LogP contribution is 2.23. The average molecular weight is 278 g/mol. The van der Waals surface area contributed by atoms with E-state index in [4.69, 9.17) is 5.73 Å². The average Bonchev–Trinajstić information content (AvgIpc) is 2.86. The van der Waals surface area contributed by atoms with E-state index in [2.05, 4.69) is 55.4 Å². The summed E-state index contributed by atoms with van der Waals surface area (Å²) in [5, 5.41) is 1.36. The fraction of sp³-hybridized carbons (Fsp3) is 0.263. The summed E-state index contributed by atoms with van der Waals surface area (Å²) >= 11 is 0. The lowest BCUT2D eigenvalue weighted by Crippen LogP contribution is -1.94. The minimum absolute atomic E-state index is 0.850. The molecule has 0 atom stereocenters. The van der Waals surface area contributed by atoms with Gasteiger partial charge in [0.1, 0.15) is 0 Å². The minimum Gasteiger partial charge on any atom is -0.399 e. The number of nitrogen functional groups attached to an aromatic ring is 1. The number of para-hydroxylation sites is 1. The maximum Gasteiger partial charge on any atom is 0.0486 e. The number of anilines is 1. The fourth-order valence-electron chi connectivity index (χ4n) is 3.04. The molecule has 2 heteroatoms. The third-order valence-corrected chi connectivity index (χ3v) is 4.27. The van der Waals surface area contributed by atoms with Crippen LogP contribution in [-0.2, 0) is 12.8 Å². The van der Waals surface area contributed by atoms with Crippen molar-refractivity contribution in [2.45, 2.75) is 33.1 Å². The first-order chi connectivity index (χ1) is 10.1. The van der Waals surface area contributed by atoms with Crippen LogP contribution in [0.1, 0.15) is 28.7 Å². The zero-order valence-electron chi connectivity index (χ0n) is 12.7. The van der Waals surface area contributed by atoms with Gasteiger partial charge in [0.25, 0.3) is 0 Å². The van der Waals surface area contributed by atoms with E-state index in [0.717, 1.165) is 24.9 Å². The zero-order valence-corrected chi connectivity index (χ0v) is 12.7. The Balaban J connectivity index is 1.71. The van der Waals surface area contributed by atoms with E-state index in [9.17, 15) is 0 Å². The molecule has 3 N–H and O–H groups in total. The maximum atomic E-state index is 5.81. The molecule has 0 saturated heterocycles. The van der Waals surface area contributed by atoms with Crippen LogP contribution in [0.3, 0.4) is 0 Å². The summed E-state index contributed by atoms with van der Waals surface area (Å²) in [4.78, 5) is 3.41. The Hall–Kier alpha value is -2.22. The van der Waals surface area contributed by atoms with Gasteiger partial charge in [0.05, 0.1) is 0 Å². The maximum absolute atomic E-state index is 5.81. The number of H-pyrrole nitrogens is 1. The molecule has 0 spiro atoms. The summed E-state index contributed by atoms with van der Waals surface area (Å²) in [6, 6.07) is 12.7. The van der Waals surface area contributed by atoms with Gasteiger partial charge in [-0.25, -0.2) is 0 Å². The van der Waals surface area contributed by atoms with Gasteiger partial charge >= 0.3 is 0 Å². The summed E-state index contributed by atoms with van der Waals surface area (Å²) < 4.78 is 0. The molecule has 1 heterocycles. The number of nitrogens with one attached hydrogen (secondary N) is 1. The van der Waals surface area contributed by atoms with Crippen molar-refractivity contribution in [3.8, 4) is 0 Å². The molecule has 2 nitrogen and oxygen atoms in total. The van der Waals surface area contributed by atoms with E-state index < -0.39 is 0 Å². The number of rotatable bonds is 4. The lowest BCUT2D eigenvalue weighted by atomic mass is 9.99. The molecule has 0 aliphatic rings. The Bertz CT molecular complexity index is 768. The van der Waals surface area contributed by atoms with Crippen LogP contribution in [0.5, 0.6) is 0 Å². The highest BCUT2D eigenvalue weighted by Gasteiger charge is 2.06. The molecule has 0 aliphatic carbocycles. The van der Waals surface area contributed by atoms with Gasteiger partial charge in [0.15, 0.2) is 0 Å². The first-order valence-corrected chi connectivity index (χ1v) is 7.56.